The first-order valence-corrected chi connectivity index (χ1v) is 5.29. The van der Waals surface area contributed by atoms with Crippen molar-refractivity contribution in [1.29, 1.82) is 5.26 Å². The van der Waals surface area contributed by atoms with Crippen LogP contribution in [0.3, 0.4) is 0 Å². The van der Waals surface area contributed by atoms with Crippen LogP contribution in [0.15, 0.2) is 6.20 Å². The summed E-state index contributed by atoms with van der Waals surface area (Å²) in [4.78, 5) is 10.7. The number of hydrogen-bond donors (Lipinski definition) is 3. The fourth-order valence-corrected chi connectivity index (χ4v) is 1.54. The highest BCUT2D eigenvalue weighted by Crippen LogP contribution is 2.09. The van der Waals surface area contributed by atoms with Crippen LogP contribution in [0.5, 0.6) is 0 Å². The molecule has 0 saturated heterocycles. The maximum Gasteiger partial charge on any atom is 0.422 e. The van der Waals surface area contributed by atoms with Crippen LogP contribution in [0, 0.1) is 11.3 Å². The second-order valence-corrected chi connectivity index (χ2v) is 3.88. The number of nitrogens with zero attached hydrogens (tertiary/aromatic N) is 2. The number of carbonyl (C=O) groups excluding carboxylic acids is 1. The lowest BCUT2D eigenvalue weighted by atomic mass is 10.4. The lowest BCUT2D eigenvalue weighted by molar-refractivity contribution is 0.177. The maximum absolute atomic E-state index is 11.3. The smallest absolute Gasteiger partial charge is 0.422 e. The molecule has 0 aliphatic rings. The average Bonchev–Trinajstić information content (AvgIpc) is 2.63. The van der Waals surface area contributed by atoms with E-state index in [1.807, 2.05) is 4.72 Å². The summed E-state index contributed by atoms with van der Waals surface area (Å²) < 4.78 is 30.1. The van der Waals surface area contributed by atoms with Crippen molar-refractivity contribution >= 4 is 22.1 Å². The number of nitrogens with one attached hydrogen (secondary N) is 3. The van der Waals surface area contributed by atoms with E-state index < -0.39 is 16.3 Å². The standard InChI is InChI=1S/C6H7N5O4S/c1-15-6(12)11-16(13,14)10-5-4(2-7)3-8-9-5/h3H,1H3,(H,11,12)(H2,8,9,10). The Bertz CT molecular complexity index is 527. The number of aromatic nitrogens is 2. The van der Waals surface area contributed by atoms with Gasteiger partial charge >= 0.3 is 16.3 Å². The molecule has 1 rings (SSSR count). The number of rotatable bonds is 3. The van der Waals surface area contributed by atoms with Gasteiger partial charge in [0.15, 0.2) is 5.82 Å². The van der Waals surface area contributed by atoms with Crippen molar-refractivity contribution in [3.05, 3.63) is 11.8 Å². The largest absolute Gasteiger partial charge is 0.452 e. The lowest BCUT2D eigenvalue weighted by Crippen LogP contribution is -2.35. The number of ether oxygens (including phenoxy) is 1. The summed E-state index contributed by atoms with van der Waals surface area (Å²) in [5.41, 5.74) is -0.00441. The van der Waals surface area contributed by atoms with Crippen LogP contribution in [0.2, 0.25) is 0 Å². The molecule has 16 heavy (non-hydrogen) atoms. The Morgan fingerprint density at radius 3 is 2.94 bits per heavy atom. The van der Waals surface area contributed by atoms with E-state index in [1.54, 1.807) is 6.07 Å². The minimum atomic E-state index is -4.15. The zero-order valence-electron chi connectivity index (χ0n) is 8.01. The summed E-state index contributed by atoms with van der Waals surface area (Å²) in [5.74, 6) is -0.140. The average molecular weight is 245 g/mol. The Balaban J connectivity index is 2.82. The van der Waals surface area contributed by atoms with Gasteiger partial charge in [-0.15, -0.1) is 0 Å². The molecule has 0 atom stereocenters. The van der Waals surface area contributed by atoms with E-state index in [2.05, 4.69) is 14.9 Å². The van der Waals surface area contributed by atoms with Crippen molar-refractivity contribution in [3.63, 3.8) is 0 Å². The van der Waals surface area contributed by atoms with Crippen molar-refractivity contribution < 1.29 is 17.9 Å². The molecule has 1 aromatic rings. The van der Waals surface area contributed by atoms with Gasteiger partial charge in [-0.3, -0.25) is 5.10 Å². The van der Waals surface area contributed by atoms with Gasteiger partial charge in [0, 0.05) is 0 Å². The summed E-state index contributed by atoms with van der Waals surface area (Å²) in [6, 6.07) is 1.70. The number of carbonyl (C=O) groups is 1. The predicted molar refractivity (Wildman–Crippen MR) is 51.4 cm³/mol. The molecule has 0 radical (unpaired) electrons. The number of nitriles is 1. The maximum atomic E-state index is 11.3. The van der Waals surface area contributed by atoms with Gasteiger partial charge in [0.25, 0.3) is 0 Å². The van der Waals surface area contributed by atoms with Gasteiger partial charge in [0.1, 0.15) is 11.6 Å². The topological polar surface area (TPSA) is 137 Å². The van der Waals surface area contributed by atoms with Gasteiger partial charge in [0.05, 0.1) is 13.3 Å². The molecular weight excluding hydrogens is 238 g/mol. The van der Waals surface area contributed by atoms with Crippen LogP contribution in [0.25, 0.3) is 0 Å². The van der Waals surface area contributed by atoms with E-state index in [0.717, 1.165) is 13.3 Å². The van der Waals surface area contributed by atoms with Crippen molar-refractivity contribution in [2.45, 2.75) is 0 Å². The van der Waals surface area contributed by atoms with Crippen LogP contribution >= 0.6 is 0 Å². The van der Waals surface area contributed by atoms with Crippen LogP contribution in [0.1, 0.15) is 5.56 Å². The molecule has 0 aliphatic heterocycles. The number of amides is 1. The summed E-state index contributed by atoms with van der Waals surface area (Å²) in [6.07, 6.45) is -0.0127. The summed E-state index contributed by atoms with van der Waals surface area (Å²) in [5, 5.41) is 14.3. The fraction of sp³-hybridized carbons (Fsp3) is 0.167. The minimum Gasteiger partial charge on any atom is -0.452 e. The number of anilines is 1. The van der Waals surface area contributed by atoms with E-state index >= 15 is 0 Å². The molecule has 3 N–H and O–H groups in total. The first-order valence-electron chi connectivity index (χ1n) is 3.80. The SMILES string of the molecule is COC(=O)NS(=O)(=O)Nc1[nH]ncc1C#N. The van der Waals surface area contributed by atoms with E-state index in [4.69, 9.17) is 5.26 Å². The summed E-state index contributed by atoms with van der Waals surface area (Å²) in [6.45, 7) is 0. The van der Waals surface area contributed by atoms with Gasteiger partial charge in [-0.25, -0.2) is 14.2 Å². The molecule has 0 aliphatic carbocycles. The molecule has 0 spiro atoms. The summed E-state index contributed by atoms with van der Waals surface area (Å²) in [7, 11) is -3.13. The first kappa shape index (κ1) is 11.8. The number of H-pyrrole nitrogens is 1. The summed E-state index contributed by atoms with van der Waals surface area (Å²) >= 11 is 0. The van der Waals surface area contributed by atoms with E-state index in [0.29, 0.717) is 0 Å². The highest BCUT2D eigenvalue weighted by Gasteiger charge is 2.17. The first-order chi connectivity index (χ1) is 7.48. The predicted octanol–water partition coefficient (Wildman–Crippen LogP) is -0.706. The molecule has 0 fully saturated rings. The van der Waals surface area contributed by atoms with Gasteiger partial charge < -0.3 is 4.74 Å². The Morgan fingerprint density at radius 1 is 1.69 bits per heavy atom. The number of aromatic amines is 1. The Labute approximate surface area is 90.6 Å². The zero-order valence-corrected chi connectivity index (χ0v) is 8.83. The molecule has 1 amide bonds. The Kier molecular flexibility index (Phi) is 3.31. The van der Waals surface area contributed by atoms with Crippen molar-refractivity contribution in [3.8, 4) is 6.07 Å². The molecule has 0 saturated carbocycles. The van der Waals surface area contributed by atoms with E-state index in [9.17, 15) is 13.2 Å². The quantitative estimate of drug-likeness (QED) is 0.643. The fourth-order valence-electron chi connectivity index (χ4n) is 0.760. The van der Waals surface area contributed by atoms with Crippen molar-refractivity contribution in [2.75, 3.05) is 11.8 Å². The lowest BCUT2D eigenvalue weighted by Gasteiger charge is -2.06. The van der Waals surface area contributed by atoms with Crippen LogP contribution < -0.4 is 9.44 Å². The van der Waals surface area contributed by atoms with Crippen molar-refractivity contribution in [2.24, 2.45) is 0 Å². The molecule has 1 heterocycles. The molecule has 0 unspecified atom stereocenters. The van der Waals surface area contributed by atoms with Gasteiger partial charge in [-0.05, 0) is 0 Å². The van der Waals surface area contributed by atoms with Crippen LogP contribution in [-0.2, 0) is 14.9 Å². The highest BCUT2D eigenvalue weighted by atomic mass is 32.2. The second kappa shape index (κ2) is 4.49. The van der Waals surface area contributed by atoms with Crippen LogP contribution in [0.4, 0.5) is 10.6 Å². The third-order valence-corrected chi connectivity index (χ3v) is 2.31. The molecule has 0 bridgehead atoms. The molecule has 9 nitrogen and oxygen atoms in total. The van der Waals surface area contributed by atoms with Gasteiger partial charge in [0.2, 0.25) is 0 Å². The van der Waals surface area contributed by atoms with E-state index in [1.165, 1.54) is 4.72 Å². The number of hydrogen-bond acceptors (Lipinski definition) is 6. The monoisotopic (exact) mass is 245 g/mol. The number of methoxy groups -OCH3 is 1. The molecule has 10 heteroatoms. The molecule has 0 aromatic carbocycles. The third-order valence-electron chi connectivity index (χ3n) is 1.40. The normalized spacial score (nSPS) is 10.2. The van der Waals surface area contributed by atoms with Crippen molar-refractivity contribution in [1.82, 2.24) is 14.9 Å². The second-order valence-electron chi connectivity index (χ2n) is 2.47. The third kappa shape index (κ3) is 2.85. The molecule has 1 aromatic heterocycles. The Hall–Kier alpha value is -2.28. The molecule has 86 valence electrons. The molecular formula is C6H7N5O4S. The van der Waals surface area contributed by atoms with Gasteiger partial charge in [-0.2, -0.15) is 18.8 Å². The highest BCUT2D eigenvalue weighted by molar-refractivity contribution is 7.91. The van der Waals surface area contributed by atoms with E-state index in [-0.39, 0.29) is 11.4 Å². The zero-order chi connectivity index (χ0) is 12.2. The Morgan fingerprint density at radius 2 is 2.38 bits per heavy atom. The minimum absolute atomic E-state index is 0.00441. The van der Waals surface area contributed by atoms with Gasteiger partial charge in [-0.1, -0.05) is 0 Å². The van der Waals surface area contributed by atoms with Crippen LogP contribution in [-0.4, -0.2) is 31.8 Å².